The van der Waals surface area contributed by atoms with E-state index >= 15 is 0 Å². The SMILES string of the molecule is CCCCn1cnc2c(OCC)nc(Nc3ccc(OC)nc3)nc21. The molecule has 0 aliphatic carbocycles. The summed E-state index contributed by atoms with van der Waals surface area (Å²) in [5.74, 6) is 1.47. The quantitative estimate of drug-likeness (QED) is 0.672. The molecule has 0 bridgehead atoms. The van der Waals surface area contributed by atoms with E-state index in [4.69, 9.17) is 9.47 Å². The van der Waals surface area contributed by atoms with Crippen LogP contribution in [-0.4, -0.2) is 38.2 Å². The lowest BCUT2D eigenvalue weighted by Crippen LogP contribution is -2.04. The molecule has 3 heterocycles. The Hall–Kier alpha value is -2.90. The van der Waals surface area contributed by atoms with E-state index in [0.717, 1.165) is 30.7 Å². The Bertz CT molecular complexity index is 831. The minimum Gasteiger partial charge on any atom is -0.481 e. The number of anilines is 2. The average Bonchev–Trinajstić information content (AvgIpc) is 3.04. The third-order valence-electron chi connectivity index (χ3n) is 3.67. The number of imidazole rings is 1. The zero-order chi connectivity index (χ0) is 17.6. The van der Waals surface area contributed by atoms with E-state index < -0.39 is 0 Å². The third kappa shape index (κ3) is 3.78. The van der Waals surface area contributed by atoms with Gasteiger partial charge in [0.1, 0.15) is 0 Å². The van der Waals surface area contributed by atoms with Crippen LogP contribution in [0.2, 0.25) is 0 Å². The first kappa shape index (κ1) is 16.9. The minimum absolute atomic E-state index is 0.446. The first-order chi connectivity index (χ1) is 12.2. The lowest BCUT2D eigenvalue weighted by Gasteiger charge is -2.09. The number of methoxy groups -OCH3 is 1. The summed E-state index contributed by atoms with van der Waals surface area (Å²) in [5.41, 5.74) is 2.20. The molecule has 0 saturated heterocycles. The fourth-order valence-corrected chi connectivity index (χ4v) is 2.41. The van der Waals surface area contributed by atoms with Crippen LogP contribution in [0.25, 0.3) is 11.2 Å². The Morgan fingerprint density at radius 2 is 2.04 bits per heavy atom. The Balaban J connectivity index is 1.95. The van der Waals surface area contributed by atoms with Crippen LogP contribution in [-0.2, 0) is 6.54 Å². The van der Waals surface area contributed by atoms with Gasteiger partial charge in [0.25, 0.3) is 0 Å². The second-order valence-electron chi connectivity index (χ2n) is 5.46. The first-order valence-corrected chi connectivity index (χ1v) is 8.37. The van der Waals surface area contributed by atoms with Crippen molar-refractivity contribution in [2.45, 2.75) is 33.2 Å². The minimum atomic E-state index is 0.446. The van der Waals surface area contributed by atoms with Crippen molar-refractivity contribution in [1.82, 2.24) is 24.5 Å². The third-order valence-corrected chi connectivity index (χ3v) is 3.67. The molecule has 0 amide bonds. The van der Waals surface area contributed by atoms with Gasteiger partial charge in [0.15, 0.2) is 11.2 Å². The van der Waals surface area contributed by atoms with Gasteiger partial charge in [-0.25, -0.2) is 9.97 Å². The van der Waals surface area contributed by atoms with Crippen molar-refractivity contribution < 1.29 is 9.47 Å². The number of hydrogen-bond donors (Lipinski definition) is 1. The van der Waals surface area contributed by atoms with Crippen LogP contribution < -0.4 is 14.8 Å². The molecule has 3 rings (SSSR count). The number of hydrogen-bond acceptors (Lipinski definition) is 7. The predicted octanol–water partition coefficient (Wildman–Crippen LogP) is 3.17. The molecule has 1 N–H and O–H groups in total. The van der Waals surface area contributed by atoms with E-state index in [1.807, 2.05) is 17.6 Å². The van der Waals surface area contributed by atoms with Gasteiger partial charge in [-0.15, -0.1) is 0 Å². The number of rotatable bonds is 8. The van der Waals surface area contributed by atoms with Crippen LogP contribution in [0.5, 0.6) is 11.8 Å². The number of aromatic nitrogens is 5. The van der Waals surface area contributed by atoms with Gasteiger partial charge in [0, 0.05) is 12.6 Å². The summed E-state index contributed by atoms with van der Waals surface area (Å²) in [5, 5.41) is 3.16. The summed E-state index contributed by atoms with van der Waals surface area (Å²) in [6, 6.07) is 3.63. The number of nitrogens with zero attached hydrogens (tertiary/aromatic N) is 5. The largest absolute Gasteiger partial charge is 0.481 e. The van der Waals surface area contributed by atoms with Crippen molar-refractivity contribution in [3.8, 4) is 11.8 Å². The van der Waals surface area contributed by atoms with Crippen LogP contribution in [0.15, 0.2) is 24.7 Å². The molecule has 0 radical (unpaired) electrons. The van der Waals surface area contributed by atoms with Gasteiger partial charge in [-0.1, -0.05) is 13.3 Å². The van der Waals surface area contributed by atoms with E-state index in [9.17, 15) is 0 Å². The first-order valence-electron chi connectivity index (χ1n) is 8.37. The van der Waals surface area contributed by atoms with Crippen LogP contribution in [0, 0.1) is 0 Å². The number of aryl methyl sites for hydroxylation is 1. The monoisotopic (exact) mass is 342 g/mol. The predicted molar refractivity (Wildman–Crippen MR) is 95.5 cm³/mol. The Labute approximate surface area is 146 Å². The Kier molecular flexibility index (Phi) is 5.27. The highest BCUT2D eigenvalue weighted by atomic mass is 16.5. The molecule has 132 valence electrons. The van der Waals surface area contributed by atoms with Gasteiger partial charge in [-0.2, -0.15) is 9.97 Å². The summed E-state index contributed by atoms with van der Waals surface area (Å²) in [6.45, 7) is 5.45. The van der Waals surface area contributed by atoms with Gasteiger partial charge in [-0.05, 0) is 19.4 Å². The van der Waals surface area contributed by atoms with Gasteiger partial charge >= 0.3 is 0 Å². The highest BCUT2D eigenvalue weighted by Crippen LogP contribution is 2.25. The molecule has 8 nitrogen and oxygen atoms in total. The van der Waals surface area contributed by atoms with E-state index in [0.29, 0.717) is 29.8 Å². The second kappa shape index (κ2) is 7.78. The maximum atomic E-state index is 5.65. The van der Waals surface area contributed by atoms with E-state index in [-0.39, 0.29) is 0 Å². The fraction of sp³-hybridized carbons (Fsp3) is 0.412. The number of fused-ring (bicyclic) bond motifs is 1. The van der Waals surface area contributed by atoms with Gasteiger partial charge in [0.05, 0.1) is 31.9 Å². The lowest BCUT2D eigenvalue weighted by molar-refractivity contribution is 0.330. The molecular weight excluding hydrogens is 320 g/mol. The summed E-state index contributed by atoms with van der Waals surface area (Å²) < 4.78 is 12.7. The molecular formula is C17H22N6O2. The summed E-state index contributed by atoms with van der Waals surface area (Å²) in [4.78, 5) is 17.6. The zero-order valence-electron chi connectivity index (χ0n) is 14.7. The lowest BCUT2D eigenvalue weighted by atomic mass is 10.3. The van der Waals surface area contributed by atoms with Crippen molar-refractivity contribution in [3.63, 3.8) is 0 Å². The average molecular weight is 342 g/mol. The van der Waals surface area contributed by atoms with Crippen LogP contribution in [0.3, 0.4) is 0 Å². The molecule has 0 fully saturated rings. The Morgan fingerprint density at radius 3 is 2.72 bits per heavy atom. The van der Waals surface area contributed by atoms with Crippen molar-refractivity contribution in [2.24, 2.45) is 0 Å². The van der Waals surface area contributed by atoms with Gasteiger partial charge in [-0.3, -0.25) is 0 Å². The standard InChI is InChI=1S/C17H22N6O2/c1-4-6-9-23-11-19-14-15(23)21-17(22-16(14)25-5-2)20-12-7-8-13(24-3)18-10-12/h7-8,10-11H,4-6,9H2,1-3H3,(H,20,21,22). The van der Waals surface area contributed by atoms with Crippen LogP contribution >= 0.6 is 0 Å². The van der Waals surface area contributed by atoms with Crippen molar-refractivity contribution in [1.29, 1.82) is 0 Å². The van der Waals surface area contributed by atoms with E-state index in [2.05, 4.69) is 32.2 Å². The number of pyridine rings is 1. The molecule has 3 aromatic rings. The molecule has 0 saturated carbocycles. The molecule has 0 aromatic carbocycles. The number of ether oxygens (including phenoxy) is 2. The molecule has 0 aliphatic heterocycles. The maximum Gasteiger partial charge on any atom is 0.247 e. The normalized spacial score (nSPS) is 10.8. The van der Waals surface area contributed by atoms with E-state index in [1.54, 1.807) is 25.7 Å². The second-order valence-corrected chi connectivity index (χ2v) is 5.46. The highest BCUT2D eigenvalue weighted by molar-refractivity contribution is 5.78. The molecule has 3 aromatic heterocycles. The summed E-state index contributed by atoms with van der Waals surface area (Å²) >= 11 is 0. The molecule has 0 unspecified atom stereocenters. The molecule has 8 heteroatoms. The summed E-state index contributed by atoms with van der Waals surface area (Å²) in [6.07, 6.45) is 5.62. The van der Waals surface area contributed by atoms with Gasteiger partial charge < -0.3 is 19.4 Å². The maximum absolute atomic E-state index is 5.65. The van der Waals surface area contributed by atoms with E-state index in [1.165, 1.54) is 0 Å². The van der Waals surface area contributed by atoms with Crippen molar-refractivity contribution in [3.05, 3.63) is 24.7 Å². The number of nitrogens with one attached hydrogen (secondary N) is 1. The zero-order valence-corrected chi connectivity index (χ0v) is 14.7. The Morgan fingerprint density at radius 1 is 1.16 bits per heavy atom. The van der Waals surface area contributed by atoms with Crippen LogP contribution in [0.1, 0.15) is 26.7 Å². The van der Waals surface area contributed by atoms with Crippen LogP contribution in [0.4, 0.5) is 11.6 Å². The van der Waals surface area contributed by atoms with Gasteiger partial charge in [0.2, 0.25) is 17.7 Å². The van der Waals surface area contributed by atoms with Crippen molar-refractivity contribution >= 4 is 22.8 Å². The molecule has 0 spiro atoms. The molecule has 25 heavy (non-hydrogen) atoms. The van der Waals surface area contributed by atoms with Crippen molar-refractivity contribution in [2.75, 3.05) is 19.0 Å². The summed E-state index contributed by atoms with van der Waals surface area (Å²) in [7, 11) is 1.58. The molecule has 0 atom stereocenters. The number of unbranched alkanes of at least 4 members (excludes halogenated alkanes) is 1. The molecule has 0 aliphatic rings. The highest BCUT2D eigenvalue weighted by Gasteiger charge is 2.14. The smallest absolute Gasteiger partial charge is 0.247 e. The fourth-order valence-electron chi connectivity index (χ4n) is 2.41. The topological polar surface area (TPSA) is 87.0 Å².